The molecule has 1 N–H and O–H groups in total. The van der Waals surface area contributed by atoms with E-state index in [9.17, 15) is 4.79 Å². The molecule has 1 aromatic rings. The van der Waals surface area contributed by atoms with Gasteiger partial charge in [-0.3, -0.25) is 5.43 Å². The van der Waals surface area contributed by atoms with Crippen molar-refractivity contribution in [2.24, 2.45) is 5.10 Å². The van der Waals surface area contributed by atoms with Gasteiger partial charge in [0, 0.05) is 32.3 Å². The topological polar surface area (TPSA) is 72.4 Å². The Morgan fingerprint density at radius 2 is 1.84 bits per heavy atom. The van der Waals surface area contributed by atoms with E-state index >= 15 is 0 Å². The third kappa shape index (κ3) is 7.48. The summed E-state index contributed by atoms with van der Waals surface area (Å²) in [6.45, 7) is 3.69. The molecule has 0 radical (unpaired) electrons. The van der Waals surface area contributed by atoms with Crippen LogP contribution in [-0.2, 0) is 19.0 Å². The standard InChI is InChI=1S/C16H23Cl2N3O4/c1-4-25-16(22)15(21(7-9-23-2)8-10-24-3)20-19-14-11-12(17)5-6-13(14)18/h5-6,11,19H,4,7-10H2,1-3H3. The van der Waals surface area contributed by atoms with E-state index in [1.807, 2.05) is 0 Å². The molecule has 0 bridgehead atoms. The normalized spacial score (nSPS) is 11.3. The van der Waals surface area contributed by atoms with Crippen molar-refractivity contribution >= 4 is 40.7 Å². The number of hydrogen-bond donors (Lipinski definition) is 1. The average molecular weight is 392 g/mol. The van der Waals surface area contributed by atoms with Crippen molar-refractivity contribution < 1.29 is 19.0 Å². The summed E-state index contributed by atoms with van der Waals surface area (Å²) in [5, 5.41) is 5.11. The number of benzene rings is 1. The summed E-state index contributed by atoms with van der Waals surface area (Å²) in [5.74, 6) is -0.452. The molecular formula is C16H23Cl2N3O4. The van der Waals surface area contributed by atoms with Crippen molar-refractivity contribution in [1.29, 1.82) is 0 Å². The van der Waals surface area contributed by atoms with Gasteiger partial charge in [-0.1, -0.05) is 23.2 Å². The van der Waals surface area contributed by atoms with Gasteiger partial charge in [-0.05, 0) is 25.1 Å². The molecule has 0 aliphatic carbocycles. The first kappa shape index (κ1) is 21.5. The highest BCUT2D eigenvalue weighted by Gasteiger charge is 2.21. The van der Waals surface area contributed by atoms with Crippen LogP contribution in [0.2, 0.25) is 10.0 Å². The van der Waals surface area contributed by atoms with Crippen molar-refractivity contribution in [2.45, 2.75) is 6.92 Å². The summed E-state index contributed by atoms with van der Waals surface area (Å²) in [6, 6.07) is 4.92. The molecule has 0 unspecified atom stereocenters. The minimum absolute atomic E-state index is 0.104. The molecule has 1 rings (SSSR count). The zero-order valence-corrected chi connectivity index (χ0v) is 16.1. The average Bonchev–Trinajstić information content (AvgIpc) is 2.59. The van der Waals surface area contributed by atoms with Crippen molar-refractivity contribution in [3.8, 4) is 0 Å². The van der Waals surface area contributed by atoms with Crippen LogP contribution in [0.25, 0.3) is 0 Å². The summed E-state index contributed by atoms with van der Waals surface area (Å²) in [4.78, 5) is 14.0. The predicted molar refractivity (Wildman–Crippen MR) is 99.5 cm³/mol. The predicted octanol–water partition coefficient (Wildman–Crippen LogP) is 2.88. The molecule has 0 fully saturated rings. The number of carbonyl (C=O) groups excluding carboxylic acids is 1. The van der Waals surface area contributed by atoms with Gasteiger partial charge < -0.3 is 19.1 Å². The molecule has 0 aliphatic heterocycles. The SMILES string of the molecule is CCOC(=O)C(=NNc1cc(Cl)ccc1Cl)N(CCOC)CCOC. The van der Waals surface area contributed by atoms with Crippen molar-refractivity contribution in [3.63, 3.8) is 0 Å². The molecule has 0 aromatic heterocycles. The minimum Gasteiger partial charge on any atom is -0.460 e. The molecule has 0 spiro atoms. The van der Waals surface area contributed by atoms with Crippen LogP contribution in [0.4, 0.5) is 5.69 Å². The lowest BCUT2D eigenvalue weighted by Gasteiger charge is -2.24. The second-order valence-electron chi connectivity index (χ2n) is 4.86. The smallest absolute Gasteiger partial charge is 0.375 e. The molecule has 9 heteroatoms. The van der Waals surface area contributed by atoms with Crippen molar-refractivity contribution in [2.75, 3.05) is 52.6 Å². The van der Waals surface area contributed by atoms with Gasteiger partial charge in [0.05, 0.1) is 30.5 Å². The number of amidine groups is 1. The van der Waals surface area contributed by atoms with E-state index in [1.165, 1.54) is 0 Å². The van der Waals surface area contributed by atoms with Crippen LogP contribution in [0, 0.1) is 0 Å². The van der Waals surface area contributed by atoms with E-state index in [0.29, 0.717) is 42.0 Å². The lowest BCUT2D eigenvalue weighted by atomic mass is 10.3. The maximum absolute atomic E-state index is 12.3. The number of methoxy groups -OCH3 is 2. The van der Waals surface area contributed by atoms with Gasteiger partial charge in [-0.2, -0.15) is 0 Å². The number of rotatable bonds is 9. The number of nitrogens with zero attached hydrogens (tertiary/aromatic N) is 2. The zero-order chi connectivity index (χ0) is 18.7. The Kier molecular flexibility index (Phi) is 10.3. The summed E-state index contributed by atoms with van der Waals surface area (Å²) in [6.07, 6.45) is 0. The zero-order valence-electron chi connectivity index (χ0n) is 14.6. The van der Waals surface area contributed by atoms with Crippen LogP contribution >= 0.6 is 23.2 Å². The summed E-state index contributed by atoms with van der Waals surface area (Å²) < 4.78 is 15.3. The van der Waals surface area contributed by atoms with Crippen LogP contribution in [0.15, 0.2) is 23.3 Å². The number of anilines is 1. The third-order valence-electron chi connectivity index (χ3n) is 3.10. The monoisotopic (exact) mass is 391 g/mol. The third-order valence-corrected chi connectivity index (χ3v) is 3.66. The van der Waals surface area contributed by atoms with Crippen LogP contribution in [0.5, 0.6) is 0 Å². The number of hydrogen-bond acceptors (Lipinski definition) is 6. The quantitative estimate of drug-likeness (QED) is 0.302. The van der Waals surface area contributed by atoms with Crippen molar-refractivity contribution in [1.82, 2.24) is 4.90 Å². The van der Waals surface area contributed by atoms with Gasteiger partial charge >= 0.3 is 5.97 Å². The maximum atomic E-state index is 12.3. The molecule has 140 valence electrons. The van der Waals surface area contributed by atoms with Gasteiger partial charge in [0.2, 0.25) is 5.84 Å². The first-order chi connectivity index (χ1) is 12.0. The van der Waals surface area contributed by atoms with Crippen LogP contribution in [0.1, 0.15) is 6.92 Å². The Balaban J connectivity index is 3.06. The first-order valence-corrected chi connectivity index (χ1v) is 8.47. The van der Waals surface area contributed by atoms with E-state index in [4.69, 9.17) is 37.4 Å². The van der Waals surface area contributed by atoms with Gasteiger partial charge in [0.25, 0.3) is 0 Å². The Labute approximate surface area is 157 Å². The van der Waals surface area contributed by atoms with E-state index in [1.54, 1.807) is 44.2 Å². The first-order valence-electron chi connectivity index (χ1n) is 7.72. The van der Waals surface area contributed by atoms with Crippen molar-refractivity contribution in [3.05, 3.63) is 28.2 Å². The Morgan fingerprint density at radius 1 is 1.20 bits per heavy atom. The highest BCUT2D eigenvalue weighted by molar-refractivity contribution is 6.36. The lowest BCUT2D eigenvalue weighted by Crippen LogP contribution is -2.42. The number of carbonyl (C=O) groups is 1. The number of halogens is 2. The molecular weight excluding hydrogens is 369 g/mol. The fourth-order valence-corrected chi connectivity index (χ4v) is 2.20. The van der Waals surface area contributed by atoms with Gasteiger partial charge in [0.15, 0.2) is 0 Å². The molecule has 0 aliphatic rings. The molecule has 25 heavy (non-hydrogen) atoms. The van der Waals surface area contributed by atoms with Gasteiger partial charge in [0.1, 0.15) is 0 Å². The van der Waals surface area contributed by atoms with Gasteiger partial charge in [-0.15, -0.1) is 5.10 Å². The fraction of sp³-hybridized carbons (Fsp3) is 0.500. The minimum atomic E-state index is -0.555. The fourth-order valence-electron chi connectivity index (χ4n) is 1.86. The lowest BCUT2D eigenvalue weighted by molar-refractivity contribution is -0.136. The van der Waals surface area contributed by atoms with Crippen LogP contribution in [-0.4, -0.2) is 63.8 Å². The van der Waals surface area contributed by atoms with E-state index in [0.717, 1.165) is 0 Å². The Morgan fingerprint density at radius 3 is 2.40 bits per heavy atom. The Hall–Kier alpha value is -1.54. The molecule has 0 atom stereocenters. The molecule has 0 saturated heterocycles. The largest absolute Gasteiger partial charge is 0.460 e. The molecule has 0 saturated carbocycles. The highest BCUT2D eigenvalue weighted by atomic mass is 35.5. The maximum Gasteiger partial charge on any atom is 0.375 e. The highest BCUT2D eigenvalue weighted by Crippen LogP contribution is 2.25. The van der Waals surface area contributed by atoms with Crippen LogP contribution < -0.4 is 5.43 Å². The number of nitrogens with one attached hydrogen (secondary N) is 1. The molecule has 0 heterocycles. The van der Waals surface area contributed by atoms with Crippen LogP contribution in [0.3, 0.4) is 0 Å². The Bertz CT molecular complexity index is 576. The summed E-state index contributed by atoms with van der Waals surface area (Å²) in [5.41, 5.74) is 3.25. The van der Waals surface area contributed by atoms with E-state index < -0.39 is 5.97 Å². The molecule has 1 aromatic carbocycles. The summed E-state index contributed by atoms with van der Waals surface area (Å²) >= 11 is 12.1. The molecule has 7 nitrogen and oxygen atoms in total. The number of esters is 1. The van der Waals surface area contributed by atoms with E-state index in [-0.39, 0.29) is 12.4 Å². The van der Waals surface area contributed by atoms with Gasteiger partial charge in [-0.25, -0.2) is 4.79 Å². The number of ether oxygens (including phenoxy) is 3. The van der Waals surface area contributed by atoms with E-state index in [2.05, 4.69) is 10.5 Å². The molecule has 0 amide bonds. The summed E-state index contributed by atoms with van der Waals surface area (Å²) in [7, 11) is 3.17. The second kappa shape index (κ2) is 11.9. The second-order valence-corrected chi connectivity index (χ2v) is 5.71. The number of hydrazone groups is 1.